The van der Waals surface area contributed by atoms with Crippen LogP contribution >= 0.6 is 0 Å². The van der Waals surface area contributed by atoms with Crippen molar-refractivity contribution in [2.75, 3.05) is 25.1 Å². The molecule has 138 valence electrons. The van der Waals surface area contributed by atoms with Crippen LogP contribution in [0.1, 0.15) is 17.3 Å². The fourth-order valence-electron chi connectivity index (χ4n) is 2.60. The van der Waals surface area contributed by atoms with Crippen molar-refractivity contribution in [2.24, 2.45) is 0 Å². The Balaban J connectivity index is 1.46. The number of nitrogens with one attached hydrogen (secondary N) is 1. The van der Waals surface area contributed by atoms with Gasteiger partial charge in [-0.15, -0.1) is 5.10 Å². The minimum Gasteiger partial charge on any atom is -0.494 e. The summed E-state index contributed by atoms with van der Waals surface area (Å²) < 4.78 is 21.9. The third kappa shape index (κ3) is 3.69. The van der Waals surface area contributed by atoms with Crippen LogP contribution in [-0.2, 0) is 0 Å². The SMILES string of the molecule is CCOc1ccc(-c2nnc(NC(=O)c3ccc4c(c3)OCCO4)o2)cc1. The quantitative estimate of drug-likeness (QED) is 0.740. The Bertz CT molecular complexity index is 952. The molecule has 2 heterocycles. The third-order valence-corrected chi connectivity index (χ3v) is 3.86. The summed E-state index contributed by atoms with van der Waals surface area (Å²) in [7, 11) is 0. The molecule has 0 saturated heterocycles. The molecule has 0 spiro atoms. The van der Waals surface area contributed by atoms with Crippen molar-refractivity contribution in [3.63, 3.8) is 0 Å². The van der Waals surface area contributed by atoms with E-state index in [4.69, 9.17) is 18.6 Å². The number of fused-ring (bicyclic) bond motifs is 1. The van der Waals surface area contributed by atoms with Gasteiger partial charge in [0.2, 0.25) is 5.89 Å². The number of rotatable bonds is 5. The number of nitrogens with zero attached hydrogens (tertiary/aromatic N) is 2. The molecule has 27 heavy (non-hydrogen) atoms. The molecule has 1 aliphatic heterocycles. The van der Waals surface area contributed by atoms with Gasteiger partial charge in [0.1, 0.15) is 19.0 Å². The van der Waals surface area contributed by atoms with Gasteiger partial charge in [0.25, 0.3) is 5.91 Å². The molecule has 1 aliphatic rings. The van der Waals surface area contributed by atoms with Gasteiger partial charge in [0, 0.05) is 11.1 Å². The summed E-state index contributed by atoms with van der Waals surface area (Å²) in [6.07, 6.45) is 0. The van der Waals surface area contributed by atoms with Crippen LogP contribution in [0.15, 0.2) is 46.9 Å². The number of amides is 1. The fourth-order valence-corrected chi connectivity index (χ4v) is 2.60. The van der Waals surface area contributed by atoms with Gasteiger partial charge in [-0.3, -0.25) is 10.1 Å². The van der Waals surface area contributed by atoms with E-state index in [0.29, 0.717) is 42.8 Å². The summed E-state index contributed by atoms with van der Waals surface area (Å²) in [5.74, 6) is 1.83. The van der Waals surface area contributed by atoms with Crippen molar-refractivity contribution in [1.29, 1.82) is 0 Å². The Hall–Kier alpha value is -3.55. The molecule has 1 amide bonds. The van der Waals surface area contributed by atoms with Crippen LogP contribution in [0.2, 0.25) is 0 Å². The highest BCUT2D eigenvalue weighted by molar-refractivity contribution is 6.03. The van der Waals surface area contributed by atoms with Crippen molar-refractivity contribution in [3.05, 3.63) is 48.0 Å². The number of carbonyl (C=O) groups is 1. The molecule has 2 aromatic carbocycles. The largest absolute Gasteiger partial charge is 0.494 e. The molecular weight excluding hydrogens is 350 g/mol. The predicted octanol–water partition coefficient (Wildman–Crippen LogP) is 3.16. The van der Waals surface area contributed by atoms with Gasteiger partial charge in [0.15, 0.2) is 11.5 Å². The first-order chi connectivity index (χ1) is 13.2. The van der Waals surface area contributed by atoms with Crippen molar-refractivity contribution in [1.82, 2.24) is 10.2 Å². The molecule has 0 aliphatic carbocycles. The van der Waals surface area contributed by atoms with E-state index in [1.54, 1.807) is 18.2 Å². The average molecular weight is 367 g/mol. The van der Waals surface area contributed by atoms with Gasteiger partial charge in [-0.05, 0) is 49.4 Å². The van der Waals surface area contributed by atoms with Crippen LogP contribution in [0.25, 0.3) is 11.5 Å². The van der Waals surface area contributed by atoms with Crippen molar-refractivity contribution >= 4 is 11.9 Å². The normalized spacial score (nSPS) is 12.5. The first-order valence-electron chi connectivity index (χ1n) is 8.50. The number of carbonyl (C=O) groups excluding carboxylic acids is 1. The maximum absolute atomic E-state index is 12.4. The van der Waals surface area contributed by atoms with Crippen LogP contribution in [0, 0.1) is 0 Å². The first kappa shape index (κ1) is 16.9. The van der Waals surface area contributed by atoms with Gasteiger partial charge in [-0.2, -0.15) is 0 Å². The van der Waals surface area contributed by atoms with E-state index in [-0.39, 0.29) is 11.9 Å². The van der Waals surface area contributed by atoms with Gasteiger partial charge in [0.05, 0.1) is 6.61 Å². The summed E-state index contributed by atoms with van der Waals surface area (Å²) in [6, 6.07) is 12.2. The minimum absolute atomic E-state index is 0.0128. The molecule has 1 aromatic heterocycles. The number of ether oxygens (including phenoxy) is 3. The first-order valence-corrected chi connectivity index (χ1v) is 8.50. The minimum atomic E-state index is -0.381. The molecule has 0 unspecified atom stereocenters. The van der Waals surface area contributed by atoms with E-state index in [2.05, 4.69) is 15.5 Å². The monoisotopic (exact) mass is 367 g/mol. The van der Waals surface area contributed by atoms with Crippen LogP contribution < -0.4 is 19.5 Å². The zero-order valence-electron chi connectivity index (χ0n) is 14.6. The standard InChI is InChI=1S/C19H17N3O5/c1-2-24-14-6-3-12(4-7-14)18-21-22-19(27-18)20-17(23)13-5-8-15-16(11-13)26-10-9-25-15/h3-8,11H,2,9-10H2,1H3,(H,20,22,23). The number of hydrogen-bond donors (Lipinski definition) is 1. The Labute approximate surface area is 155 Å². The number of hydrogen-bond acceptors (Lipinski definition) is 7. The molecular formula is C19H17N3O5. The summed E-state index contributed by atoms with van der Waals surface area (Å²) in [4.78, 5) is 12.4. The Morgan fingerprint density at radius 2 is 1.85 bits per heavy atom. The second-order valence-corrected chi connectivity index (χ2v) is 5.68. The average Bonchev–Trinajstić information content (AvgIpc) is 3.17. The summed E-state index contributed by atoms with van der Waals surface area (Å²) in [6.45, 7) is 3.46. The van der Waals surface area contributed by atoms with Crippen molar-refractivity contribution < 1.29 is 23.4 Å². The van der Waals surface area contributed by atoms with E-state index >= 15 is 0 Å². The number of anilines is 1. The lowest BCUT2D eigenvalue weighted by Crippen LogP contribution is -2.17. The summed E-state index contributed by atoms with van der Waals surface area (Å²) >= 11 is 0. The lowest BCUT2D eigenvalue weighted by atomic mass is 10.2. The molecule has 0 fully saturated rings. The van der Waals surface area contributed by atoms with Gasteiger partial charge in [-0.25, -0.2) is 0 Å². The summed E-state index contributed by atoms with van der Waals surface area (Å²) in [5.41, 5.74) is 1.13. The van der Waals surface area contributed by atoms with E-state index in [1.807, 2.05) is 31.2 Å². The van der Waals surface area contributed by atoms with E-state index in [0.717, 1.165) is 11.3 Å². The molecule has 0 saturated carbocycles. The van der Waals surface area contributed by atoms with Gasteiger partial charge < -0.3 is 18.6 Å². The molecule has 3 aromatic rings. The fraction of sp³-hybridized carbons (Fsp3) is 0.211. The van der Waals surface area contributed by atoms with Crippen LogP contribution in [-0.4, -0.2) is 35.9 Å². The second kappa shape index (κ2) is 7.36. The topological polar surface area (TPSA) is 95.7 Å². The molecule has 0 bridgehead atoms. The lowest BCUT2D eigenvalue weighted by molar-refractivity contribution is 0.102. The van der Waals surface area contributed by atoms with Crippen molar-refractivity contribution in [2.45, 2.75) is 6.92 Å². The molecule has 8 nitrogen and oxygen atoms in total. The molecule has 1 N–H and O–H groups in total. The zero-order chi connectivity index (χ0) is 18.6. The molecule has 0 atom stereocenters. The van der Waals surface area contributed by atoms with E-state index < -0.39 is 0 Å². The number of aromatic nitrogens is 2. The van der Waals surface area contributed by atoms with Gasteiger partial charge in [-0.1, -0.05) is 5.10 Å². The molecule has 0 radical (unpaired) electrons. The van der Waals surface area contributed by atoms with Crippen LogP contribution in [0.5, 0.6) is 17.2 Å². The number of benzene rings is 2. The van der Waals surface area contributed by atoms with E-state index in [9.17, 15) is 4.79 Å². The molecule has 4 rings (SSSR count). The van der Waals surface area contributed by atoms with E-state index in [1.165, 1.54) is 0 Å². The highest BCUT2D eigenvalue weighted by Crippen LogP contribution is 2.31. The third-order valence-electron chi connectivity index (χ3n) is 3.86. The Kier molecular flexibility index (Phi) is 4.61. The zero-order valence-corrected chi connectivity index (χ0v) is 14.6. The summed E-state index contributed by atoms with van der Waals surface area (Å²) in [5, 5.41) is 10.4. The molecule has 8 heteroatoms. The van der Waals surface area contributed by atoms with Crippen LogP contribution in [0.3, 0.4) is 0 Å². The van der Waals surface area contributed by atoms with Gasteiger partial charge >= 0.3 is 6.01 Å². The second-order valence-electron chi connectivity index (χ2n) is 5.68. The lowest BCUT2D eigenvalue weighted by Gasteiger charge is -2.18. The Morgan fingerprint density at radius 3 is 2.63 bits per heavy atom. The Morgan fingerprint density at radius 1 is 1.07 bits per heavy atom. The maximum Gasteiger partial charge on any atom is 0.322 e. The maximum atomic E-state index is 12.4. The predicted molar refractivity (Wildman–Crippen MR) is 96.3 cm³/mol. The van der Waals surface area contributed by atoms with Crippen molar-refractivity contribution in [3.8, 4) is 28.7 Å². The highest BCUT2D eigenvalue weighted by Gasteiger charge is 2.17. The smallest absolute Gasteiger partial charge is 0.322 e. The highest BCUT2D eigenvalue weighted by atomic mass is 16.6. The van der Waals surface area contributed by atoms with Crippen LogP contribution in [0.4, 0.5) is 6.01 Å².